The van der Waals surface area contributed by atoms with E-state index in [4.69, 9.17) is 0 Å². The van der Waals surface area contributed by atoms with Gasteiger partial charge in [0.1, 0.15) is 0 Å². The fraction of sp³-hybridized carbons (Fsp3) is 0.647. The first kappa shape index (κ1) is 15.5. The van der Waals surface area contributed by atoms with E-state index in [1.807, 2.05) is 7.05 Å². The Kier molecular flexibility index (Phi) is 6.02. The molecule has 3 heteroatoms. The van der Waals surface area contributed by atoms with Crippen molar-refractivity contribution in [3.63, 3.8) is 0 Å². The SMILES string of the molecule is CNCCc1ccc(CN2CCCN(C)CC2C)cc1. The van der Waals surface area contributed by atoms with Gasteiger partial charge in [0.25, 0.3) is 0 Å². The minimum absolute atomic E-state index is 0.645. The third-order valence-corrected chi connectivity index (χ3v) is 4.26. The monoisotopic (exact) mass is 275 g/mol. The first-order valence-electron chi connectivity index (χ1n) is 7.84. The molecule has 20 heavy (non-hydrogen) atoms. The van der Waals surface area contributed by atoms with Gasteiger partial charge >= 0.3 is 0 Å². The van der Waals surface area contributed by atoms with E-state index in [9.17, 15) is 0 Å². The van der Waals surface area contributed by atoms with Gasteiger partial charge in [0.2, 0.25) is 0 Å². The molecule has 1 atom stereocenters. The van der Waals surface area contributed by atoms with Crippen LogP contribution in [0.5, 0.6) is 0 Å². The standard InChI is InChI=1S/C17H29N3/c1-15-13-19(3)11-4-12-20(15)14-17-7-5-16(6-8-17)9-10-18-2/h5-8,15,18H,4,9-14H2,1-3H3. The molecule has 1 saturated heterocycles. The summed E-state index contributed by atoms with van der Waals surface area (Å²) in [7, 11) is 4.24. The average molecular weight is 275 g/mol. The maximum atomic E-state index is 3.20. The predicted molar refractivity (Wildman–Crippen MR) is 86.1 cm³/mol. The lowest BCUT2D eigenvalue weighted by molar-refractivity contribution is 0.194. The minimum Gasteiger partial charge on any atom is -0.319 e. The summed E-state index contributed by atoms with van der Waals surface area (Å²) in [5.74, 6) is 0. The molecule has 1 heterocycles. The Morgan fingerprint density at radius 2 is 1.85 bits per heavy atom. The van der Waals surface area contributed by atoms with Crippen molar-refractivity contribution < 1.29 is 0 Å². The van der Waals surface area contributed by atoms with Gasteiger partial charge in [-0.25, -0.2) is 0 Å². The van der Waals surface area contributed by atoms with Gasteiger partial charge in [-0.05, 0) is 58.1 Å². The van der Waals surface area contributed by atoms with Crippen molar-refractivity contribution >= 4 is 0 Å². The van der Waals surface area contributed by atoms with Gasteiger partial charge < -0.3 is 10.2 Å². The van der Waals surface area contributed by atoms with Crippen LogP contribution in [0, 0.1) is 0 Å². The van der Waals surface area contributed by atoms with Crippen LogP contribution < -0.4 is 5.32 Å². The van der Waals surface area contributed by atoms with Crippen LogP contribution in [0.15, 0.2) is 24.3 Å². The normalized spacial score (nSPS) is 21.9. The molecule has 1 aliphatic heterocycles. The molecule has 1 unspecified atom stereocenters. The van der Waals surface area contributed by atoms with Gasteiger partial charge in [-0.1, -0.05) is 24.3 Å². The number of hydrogen-bond donors (Lipinski definition) is 1. The lowest BCUT2D eigenvalue weighted by Crippen LogP contribution is -2.37. The van der Waals surface area contributed by atoms with Crippen LogP contribution in [0.1, 0.15) is 24.5 Å². The second kappa shape index (κ2) is 7.77. The number of likely N-dealkylation sites (N-methyl/N-ethyl adjacent to an activating group) is 2. The molecule has 1 aliphatic rings. The van der Waals surface area contributed by atoms with E-state index < -0.39 is 0 Å². The van der Waals surface area contributed by atoms with Crippen LogP contribution in [0.2, 0.25) is 0 Å². The fourth-order valence-corrected chi connectivity index (χ4v) is 2.97. The van der Waals surface area contributed by atoms with Gasteiger partial charge in [-0.2, -0.15) is 0 Å². The molecular weight excluding hydrogens is 246 g/mol. The van der Waals surface area contributed by atoms with Gasteiger partial charge in [-0.15, -0.1) is 0 Å². The average Bonchev–Trinajstić information content (AvgIpc) is 2.59. The van der Waals surface area contributed by atoms with Crippen molar-refractivity contribution in [2.75, 3.05) is 40.3 Å². The van der Waals surface area contributed by atoms with Crippen molar-refractivity contribution in [2.45, 2.75) is 32.4 Å². The number of nitrogens with zero attached hydrogens (tertiary/aromatic N) is 2. The van der Waals surface area contributed by atoms with Crippen molar-refractivity contribution in [2.24, 2.45) is 0 Å². The molecule has 1 aromatic rings. The lowest BCUT2D eigenvalue weighted by atomic mass is 10.1. The van der Waals surface area contributed by atoms with Crippen molar-refractivity contribution in [1.82, 2.24) is 15.1 Å². The van der Waals surface area contributed by atoms with Crippen molar-refractivity contribution in [3.8, 4) is 0 Å². The molecule has 1 N–H and O–H groups in total. The van der Waals surface area contributed by atoms with Gasteiger partial charge in [0.05, 0.1) is 0 Å². The maximum absolute atomic E-state index is 3.20. The van der Waals surface area contributed by atoms with Crippen molar-refractivity contribution in [3.05, 3.63) is 35.4 Å². The third-order valence-electron chi connectivity index (χ3n) is 4.26. The summed E-state index contributed by atoms with van der Waals surface area (Å²) in [4.78, 5) is 5.07. The second-order valence-electron chi connectivity index (χ2n) is 6.11. The smallest absolute Gasteiger partial charge is 0.0237 e. The van der Waals surface area contributed by atoms with E-state index in [1.54, 1.807) is 0 Å². The van der Waals surface area contributed by atoms with Crippen LogP contribution >= 0.6 is 0 Å². The highest BCUT2D eigenvalue weighted by molar-refractivity contribution is 5.22. The Bertz CT molecular complexity index is 388. The van der Waals surface area contributed by atoms with E-state index in [1.165, 1.54) is 37.2 Å². The Balaban J connectivity index is 1.91. The highest BCUT2D eigenvalue weighted by Gasteiger charge is 2.19. The summed E-state index contributed by atoms with van der Waals surface area (Å²) in [6, 6.07) is 9.80. The van der Waals surface area contributed by atoms with Gasteiger partial charge in [0, 0.05) is 25.7 Å². The molecule has 2 rings (SSSR count). The molecule has 0 saturated carbocycles. The first-order valence-corrected chi connectivity index (χ1v) is 7.84. The topological polar surface area (TPSA) is 18.5 Å². The minimum atomic E-state index is 0.645. The summed E-state index contributed by atoms with van der Waals surface area (Å²) in [5.41, 5.74) is 2.86. The van der Waals surface area contributed by atoms with Crippen LogP contribution in [0.4, 0.5) is 0 Å². The van der Waals surface area contributed by atoms with E-state index in [2.05, 4.69) is 53.4 Å². The summed E-state index contributed by atoms with van der Waals surface area (Å²) >= 11 is 0. The fourth-order valence-electron chi connectivity index (χ4n) is 2.97. The first-order chi connectivity index (χ1) is 9.69. The molecule has 1 fully saturated rings. The zero-order valence-corrected chi connectivity index (χ0v) is 13.2. The molecular formula is C17H29N3. The predicted octanol–water partition coefficient (Wildman–Crippen LogP) is 1.97. The van der Waals surface area contributed by atoms with Crippen LogP contribution in [-0.4, -0.2) is 56.1 Å². The molecule has 0 amide bonds. The third kappa shape index (κ3) is 4.58. The molecule has 3 nitrogen and oxygen atoms in total. The highest BCUT2D eigenvalue weighted by atomic mass is 15.2. The van der Waals surface area contributed by atoms with Crippen LogP contribution in [0.3, 0.4) is 0 Å². The van der Waals surface area contributed by atoms with E-state index in [0.717, 1.165) is 19.5 Å². The summed E-state index contributed by atoms with van der Waals surface area (Å²) in [5, 5.41) is 3.20. The molecule has 0 radical (unpaired) electrons. The van der Waals surface area contributed by atoms with Crippen LogP contribution in [0.25, 0.3) is 0 Å². The number of benzene rings is 1. The summed E-state index contributed by atoms with van der Waals surface area (Å²) in [6.07, 6.45) is 2.39. The molecule has 0 spiro atoms. The maximum Gasteiger partial charge on any atom is 0.0237 e. The zero-order valence-electron chi connectivity index (χ0n) is 13.2. The molecule has 0 aromatic heterocycles. The van der Waals surface area contributed by atoms with E-state index in [0.29, 0.717) is 6.04 Å². The van der Waals surface area contributed by atoms with E-state index >= 15 is 0 Å². The molecule has 112 valence electrons. The summed E-state index contributed by atoms with van der Waals surface area (Å²) < 4.78 is 0. The Hall–Kier alpha value is -0.900. The number of nitrogens with one attached hydrogen (secondary N) is 1. The van der Waals surface area contributed by atoms with Crippen molar-refractivity contribution in [1.29, 1.82) is 0 Å². The Labute approximate surface area is 124 Å². The Morgan fingerprint density at radius 1 is 1.15 bits per heavy atom. The largest absolute Gasteiger partial charge is 0.319 e. The second-order valence-corrected chi connectivity index (χ2v) is 6.11. The van der Waals surface area contributed by atoms with Crippen LogP contribution in [-0.2, 0) is 13.0 Å². The number of hydrogen-bond acceptors (Lipinski definition) is 3. The molecule has 1 aromatic carbocycles. The summed E-state index contributed by atoms with van der Waals surface area (Å²) in [6.45, 7) is 8.11. The zero-order chi connectivity index (χ0) is 14.4. The van der Waals surface area contributed by atoms with E-state index in [-0.39, 0.29) is 0 Å². The van der Waals surface area contributed by atoms with Gasteiger partial charge in [-0.3, -0.25) is 4.90 Å². The lowest BCUT2D eigenvalue weighted by Gasteiger charge is -2.28. The highest BCUT2D eigenvalue weighted by Crippen LogP contribution is 2.14. The Morgan fingerprint density at radius 3 is 2.55 bits per heavy atom. The van der Waals surface area contributed by atoms with Gasteiger partial charge in [0.15, 0.2) is 0 Å². The number of rotatable bonds is 5. The quantitative estimate of drug-likeness (QED) is 0.886. The molecule has 0 bridgehead atoms. The molecule has 0 aliphatic carbocycles.